The minimum Gasteiger partial charge on any atom is -0.202 e. The summed E-state index contributed by atoms with van der Waals surface area (Å²) in [5, 5.41) is 0. The second kappa shape index (κ2) is 4.15. The number of hydrogen-bond acceptors (Lipinski definition) is 0. The van der Waals surface area contributed by atoms with Gasteiger partial charge in [0, 0.05) is 12.5 Å². The molecule has 0 fully saturated rings. The lowest BCUT2D eigenvalue weighted by Crippen LogP contribution is -2.16. The van der Waals surface area contributed by atoms with Gasteiger partial charge in [-0.15, -0.1) is 0 Å². The molecule has 1 rings (SSSR count). The van der Waals surface area contributed by atoms with Crippen LogP contribution >= 0.6 is 0 Å². The molecule has 0 bridgehead atoms. The van der Waals surface area contributed by atoms with Crippen LogP contribution in [0.25, 0.3) is 0 Å². The summed E-state index contributed by atoms with van der Waals surface area (Å²) in [6.07, 6.45) is 0.642. The fourth-order valence-electron chi connectivity index (χ4n) is 1.76. The van der Waals surface area contributed by atoms with E-state index in [1.807, 2.05) is 39.8 Å². The van der Waals surface area contributed by atoms with Gasteiger partial charge in [0.05, 0.1) is 0 Å². The molecule has 0 aliphatic rings. The Morgan fingerprint density at radius 3 is 2.00 bits per heavy atom. The van der Waals surface area contributed by atoms with E-state index in [-0.39, 0.29) is 11.0 Å². The molecular weight excluding hydrogens is 206 g/mol. The third kappa shape index (κ3) is 2.81. The van der Waals surface area contributed by atoms with Crippen molar-refractivity contribution in [1.82, 2.24) is 0 Å². The fourth-order valence-corrected chi connectivity index (χ4v) is 1.76. The van der Waals surface area contributed by atoms with Gasteiger partial charge < -0.3 is 0 Å². The minimum absolute atomic E-state index is 0.0910. The van der Waals surface area contributed by atoms with E-state index in [1.165, 1.54) is 0 Å². The first-order valence-electron chi connectivity index (χ1n) is 5.68. The van der Waals surface area contributed by atoms with E-state index < -0.39 is 5.92 Å². The van der Waals surface area contributed by atoms with E-state index in [9.17, 15) is 8.78 Å². The zero-order valence-electron chi connectivity index (χ0n) is 10.7. The van der Waals surface area contributed by atoms with E-state index in [2.05, 4.69) is 0 Å². The molecule has 0 unspecified atom stereocenters. The monoisotopic (exact) mass is 226 g/mol. The van der Waals surface area contributed by atoms with E-state index >= 15 is 0 Å². The Morgan fingerprint density at radius 1 is 1.06 bits per heavy atom. The van der Waals surface area contributed by atoms with Gasteiger partial charge in [0.15, 0.2) is 0 Å². The largest absolute Gasteiger partial charge is 0.270 e. The predicted molar refractivity (Wildman–Crippen MR) is 64.1 cm³/mol. The van der Waals surface area contributed by atoms with E-state index in [4.69, 9.17) is 0 Å². The van der Waals surface area contributed by atoms with Gasteiger partial charge in [0.1, 0.15) is 0 Å². The first kappa shape index (κ1) is 13.1. The highest BCUT2D eigenvalue weighted by molar-refractivity contribution is 5.37. The maximum absolute atomic E-state index is 13.5. The molecule has 0 aliphatic heterocycles. The zero-order chi connectivity index (χ0) is 12.6. The van der Waals surface area contributed by atoms with Crippen LogP contribution in [0.1, 0.15) is 51.3 Å². The molecule has 2 heteroatoms. The van der Waals surface area contributed by atoms with Gasteiger partial charge in [0.25, 0.3) is 5.92 Å². The van der Waals surface area contributed by atoms with E-state index in [1.54, 1.807) is 6.07 Å². The van der Waals surface area contributed by atoms with Crippen molar-refractivity contribution >= 4 is 0 Å². The van der Waals surface area contributed by atoms with Gasteiger partial charge >= 0.3 is 0 Å². The molecule has 0 spiro atoms. The number of rotatable bonds is 2. The molecule has 1 aromatic carbocycles. The minimum atomic E-state index is -2.76. The molecule has 0 heterocycles. The Kier molecular flexibility index (Phi) is 3.41. The molecule has 0 saturated carbocycles. The van der Waals surface area contributed by atoms with Gasteiger partial charge in [-0.2, -0.15) is 0 Å². The SMILES string of the molecule is CCc1ccc(C(C)(C)C)cc1C(C)(F)F. The first-order valence-corrected chi connectivity index (χ1v) is 5.68. The molecular formula is C14H20F2. The normalized spacial score (nSPS) is 12.9. The number of aryl methyl sites for hydroxylation is 1. The molecule has 0 amide bonds. The highest BCUT2D eigenvalue weighted by atomic mass is 19.3. The summed E-state index contributed by atoms with van der Waals surface area (Å²) in [7, 11) is 0. The second-order valence-electron chi connectivity index (χ2n) is 5.36. The highest BCUT2D eigenvalue weighted by Crippen LogP contribution is 2.34. The molecule has 0 atom stereocenters. The molecule has 0 radical (unpaired) electrons. The average Bonchev–Trinajstić information content (AvgIpc) is 2.14. The van der Waals surface area contributed by atoms with Gasteiger partial charge in [0.2, 0.25) is 0 Å². The molecule has 0 N–H and O–H groups in total. The smallest absolute Gasteiger partial charge is 0.202 e. The maximum atomic E-state index is 13.5. The average molecular weight is 226 g/mol. The summed E-state index contributed by atoms with van der Waals surface area (Å²) in [4.78, 5) is 0. The van der Waals surface area contributed by atoms with Crippen LogP contribution in [0.4, 0.5) is 8.78 Å². The van der Waals surface area contributed by atoms with Crippen LogP contribution in [0.5, 0.6) is 0 Å². The van der Waals surface area contributed by atoms with Gasteiger partial charge in [-0.3, -0.25) is 0 Å². The number of benzene rings is 1. The van der Waals surface area contributed by atoms with Crippen molar-refractivity contribution in [2.75, 3.05) is 0 Å². The Hall–Kier alpha value is -0.920. The fraction of sp³-hybridized carbons (Fsp3) is 0.571. The van der Waals surface area contributed by atoms with Crippen LogP contribution in [0, 0.1) is 0 Å². The summed E-state index contributed by atoms with van der Waals surface area (Å²) in [6.45, 7) is 8.97. The topological polar surface area (TPSA) is 0 Å². The van der Waals surface area contributed by atoms with Crippen molar-refractivity contribution in [1.29, 1.82) is 0 Å². The van der Waals surface area contributed by atoms with Gasteiger partial charge in [-0.25, -0.2) is 8.78 Å². The lowest BCUT2D eigenvalue weighted by Gasteiger charge is -2.23. The van der Waals surface area contributed by atoms with Crippen molar-refractivity contribution < 1.29 is 8.78 Å². The van der Waals surface area contributed by atoms with Crippen LogP contribution in [0.3, 0.4) is 0 Å². The summed E-state index contributed by atoms with van der Waals surface area (Å²) < 4.78 is 26.9. The molecule has 0 aromatic heterocycles. The second-order valence-corrected chi connectivity index (χ2v) is 5.36. The summed E-state index contributed by atoms with van der Waals surface area (Å²) >= 11 is 0. The molecule has 16 heavy (non-hydrogen) atoms. The summed E-state index contributed by atoms with van der Waals surface area (Å²) in [6, 6.07) is 5.43. The van der Waals surface area contributed by atoms with Crippen molar-refractivity contribution in [3.63, 3.8) is 0 Å². The van der Waals surface area contributed by atoms with Crippen LogP contribution in [-0.2, 0) is 17.8 Å². The Bertz CT molecular complexity index is 367. The lowest BCUT2D eigenvalue weighted by atomic mass is 9.84. The van der Waals surface area contributed by atoms with Gasteiger partial charge in [-0.05, 0) is 29.0 Å². The summed E-state index contributed by atoms with van der Waals surface area (Å²) in [5.74, 6) is -2.76. The van der Waals surface area contributed by atoms with Crippen molar-refractivity contribution in [2.24, 2.45) is 0 Å². The Morgan fingerprint density at radius 2 is 1.62 bits per heavy atom. The standard InChI is InChI=1S/C14H20F2/c1-6-10-7-8-11(13(2,3)4)9-12(10)14(5,15)16/h7-9H,6H2,1-5H3. The van der Waals surface area contributed by atoms with Crippen molar-refractivity contribution in [3.05, 3.63) is 34.9 Å². The number of halogens is 2. The molecule has 0 saturated heterocycles. The number of hydrogen-bond donors (Lipinski definition) is 0. The number of alkyl halides is 2. The Balaban J connectivity index is 3.34. The molecule has 0 nitrogen and oxygen atoms in total. The van der Waals surface area contributed by atoms with Crippen molar-refractivity contribution in [2.45, 2.75) is 52.4 Å². The third-order valence-corrected chi connectivity index (χ3v) is 2.83. The predicted octanol–water partition coefficient (Wildman–Crippen LogP) is 4.66. The van der Waals surface area contributed by atoms with Crippen LogP contribution in [-0.4, -0.2) is 0 Å². The van der Waals surface area contributed by atoms with E-state index in [0.29, 0.717) is 6.42 Å². The van der Waals surface area contributed by atoms with Crippen LogP contribution in [0.15, 0.2) is 18.2 Å². The van der Waals surface area contributed by atoms with Crippen LogP contribution < -0.4 is 0 Å². The highest BCUT2D eigenvalue weighted by Gasteiger charge is 2.28. The zero-order valence-corrected chi connectivity index (χ0v) is 10.7. The maximum Gasteiger partial charge on any atom is 0.270 e. The molecule has 1 aromatic rings. The summed E-state index contributed by atoms with van der Waals surface area (Å²) in [5.41, 5.74) is 1.77. The Labute approximate surface area is 96.7 Å². The first-order chi connectivity index (χ1) is 7.16. The third-order valence-electron chi connectivity index (χ3n) is 2.83. The van der Waals surface area contributed by atoms with Gasteiger partial charge in [-0.1, -0.05) is 39.8 Å². The quantitative estimate of drug-likeness (QED) is 0.688. The lowest BCUT2D eigenvalue weighted by molar-refractivity contribution is 0.0164. The van der Waals surface area contributed by atoms with E-state index in [0.717, 1.165) is 18.1 Å². The molecule has 90 valence electrons. The van der Waals surface area contributed by atoms with Crippen LogP contribution in [0.2, 0.25) is 0 Å². The van der Waals surface area contributed by atoms with Crippen molar-refractivity contribution in [3.8, 4) is 0 Å². The molecule has 0 aliphatic carbocycles.